The number of esters is 2. The maximum atomic E-state index is 12.5. The van der Waals surface area contributed by atoms with Crippen molar-refractivity contribution in [2.45, 2.75) is 6.92 Å². The zero-order chi connectivity index (χ0) is 20.1. The minimum atomic E-state index is -0.655. The first-order valence-corrected chi connectivity index (χ1v) is 8.64. The van der Waals surface area contributed by atoms with Crippen LogP contribution in [0.4, 0.5) is 5.69 Å². The van der Waals surface area contributed by atoms with E-state index in [4.69, 9.17) is 18.9 Å². The van der Waals surface area contributed by atoms with Crippen LogP contribution in [-0.4, -0.2) is 39.5 Å². The second-order valence-corrected chi connectivity index (χ2v) is 6.05. The quantitative estimate of drug-likeness (QED) is 0.734. The van der Waals surface area contributed by atoms with Gasteiger partial charge in [-0.25, -0.2) is 9.59 Å². The number of nitrogens with zero attached hydrogens (tertiary/aromatic N) is 1. The fourth-order valence-corrected chi connectivity index (χ4v) is 3.00. The minimum absolute atomic E-state index is 0.0473. The maximum Gasteiger partial charge on any atom is 0.355 e. The first kappa shape index (κ1) is 19.4. The van der Waals surface area contributed by atoms with Gasteiger partial charge in [-0.3, -0.25) is 0 Å². The average Bonchev–Trinajstić information content (AvgIpc) is 2.73. The van der Waals surface area contributed by atoms with Gasteiger partial charge in [0.1, 0.15) is 18.2 Å². The molecule has 0 aromatic heterocycles. The Morgan fingerprint density at radius 2 is 1.68 bits per heavy atom. The van der Waals surface area contributed by atoms with Gasteiger partial charge in [-0.2, -0.15) is 0 Å². The summed E-state index contributed by atoms with van der Waals surface area (Å²) in [5.41, 5.74) is 1.61. The Bertz CT molecular complexity index is 906. The Morgan fingerprint density at radius 3 is 2.36 bits per heavy atom. The number of carbonyl (C=O) groups is 2. The molecule has 1 aliphatic heterocycles. The smallest absolute Gasteiger partial charge is 0.355 e. The van der Waals surface area contributed by atoms with Gasteiger partial charge in [-0.15, -0.1) is 0 Å². The fourth-order valence-electron chi connectivity index (χ4n) is 3.00. The normalized spacial score (nSPS) is 13.9. The second kappa shape index (κ2) is 8.58. The summed E-state index contributed by atoms with van der Waals surface area (Å²) in [6, 6.07) is 14.8. The van der Waals surface area contributed by atoms with E-state index in [2.05, 4.69) is 0 Å². The van der Waals surface area contributed by atoms with Gasteiger partial charge in [0.2, 0.25) is 0 Å². The van der Waals surface area contributed by atoms with Crippen molar-refractivity contribution >= 4 is 17.6 Å². The van der Waals surface area contributed by atoms with E-state index in [0.717, 1.165) is 5.56 Å². The van der Waals surface area contributed by atoms with Crippen LogP contribution in [0.1, 0.15) is 5.56 Å². The van der Waals surface area contributed by atoms with E-state index in [-0.39, 0.29) is 24.6 Å². The molecule has 0 unspecified atom stereocenters. The summed E-state index contributed by atoms with van der Waals surface area (Å²) in [5.74, 6) is -0.145. The van der Waals surface area contributed by atoms with Crippen molar-refractivity contribution in [1.29, 1.82) is 0 Å². The van der Waals surface area contributed by atoms with Crippen molar-refractivity contribution in [3.8, 4) is 11.5 Å². The lowest BCUT2D eigenvalue weighted by Gasteiger charge is -2.33. The lowest BCUT2D eigenvalue weighted by Crippen LogP contribution is -2.39. The molecule has 0 radical (unpaired) electrons. The van der Waals surface area contributed by atoms with Gasteiger partial charge in [0, 0.05) is 0 Å². The fraction of sp³-hybridized carbons (Fsp3) is 0.238. The Hall–Kier alpha value is -3.32. The molecule has 0 bridgehead atoms. The third kappa shape index (κ3) is 3.84. The molecule has 3 rings (SSSR count). The molecule has 0 amide bonds. The number of aryl methyl sites for hydroxylation is 1. The monoisotopic (exact) mass is 383 g/mol. The Labute approximate surface area is 163 Å². The molecular formula is C21H21NO6. The van der Waals surface area contributed by atoms with Crippen LogP contribution in [0.3, 0.4) is 0 Å². The van der Waals surface area contributed by atoms with E-state index >= 15 is 0 Å². The second-order valence-electron chi connectivity index (χ2n) is 6.05. The highest BCUT2D eigenvalue weighted by Crippen LogP contribution is 2.39. The summed E-state index contributed by atoms with van der Waals surface area (Å²) < 4.78 is 21.3. The largest absolute Gasteiger partial charge is 0.466 e. The minimum Gasteiger partial charge on any atom is -0.466 e. The highest BCUT2D eigenvalue weighted by Gasteiger charge is 2.34. The number of benzene rings is 2. The zero-order valence-corrected chi connectivity index (χ0v) is 15.9. The Balaban J connectivity index is 2.13. The van der Waals surface area contributed by atoms with Gasteiger partial charge in [-0.1, -0.05) is 30.3 Å². The van der Waals surface area contributed by atoms with Crippen molar-refractivity contribution in [2.24, 2.45) is 0 Å². The lowest BCUT2D eigenvalue weighted by molar-refractivity contribution is -0.140. The summed E-state index contributed by atoms with van der Waals surface area (Å²) in [6.07, 6.45) is 0. The summed E-state index contributed by atoms with van der Waals surface area (Å²) >= 11 is 0. The SMILES string of the molecule is COC(=O)C1=C(C(=O)OC)N(c2c(C)cccc2Oc2ccccc2)COC1. The summed E-state index contributed by atoms with van der Waals surface area (Å²) in [4.78, 5) is 26.3. The van der Waals surface area contributed by atoms with Gasteiger partial charge < -0.3 is 23.8 Å². The molecule has 0 saturated heterocycles. The Kier molecular flexibility index (Phi) is 5.96. The topological polar surface area (TPSA) is 74.3 Å². The molecule has 0 aliphatic carbocycles. The maximum absolute atomic E-state index is 12.5. The molecule has 2 aromatic rings. The highest BCUT2D eigenvalue weighted by atomic mass is 16.5. The predicted molar refractivity (Wildman–Crippen MR) is 102 cm³/mol. The van der Waals surface area contributed by atoms with Crippen LogP contribution in [-0.2, 0) is 23.8 Å². The van der Waals surface area contributed by atoms with E-state index < -0.39 is 11.9 Å². The molecule has 28 heavy (non-hydrogen) atoms. The Morgan fingerprint density at radius 1 is 0.964 bits per heavy atom. The van der Waals surface area contributed by atoms with Gasteiger partial charge >= 0.3 is 11.9 Å². The molecule has 1 heterocycles. The van der Waals surface area contributed by atoms with Crippen LogP contribution >= 0.6 is 0 Å². The lowest BCUT2D eigenvalue weighted by atomic mass is 10.1. The molecule has 0 N–H and O–H groups in total. The third-order valence-electron chi connectivity index (χ3n) is 4.27. The molecule has 7 heteroatoms. The summed E-state index contributed by atoms with van der Waals surface area (Å²) in [5, 5.41) is 0. The van der Waals surface area contributed by atoms with E-state index in [0.29, 0.717) is 17.2 Å². The number of carbonyl (C=O) groups excluding carboxylic acids is 2. The van der Waals surface area contributed by atoms with Crippen LogP contribution < -0.4 is 9.64 Å². The van der Waals surface area contributed by atoms with Crippen LogP contribution in [0.2, 0.25) is 0 Å². The van der Waals surface area contributed by atoms with Gasteiger partial charge in [0.25, 0.3) is 0 Å². The first-order valence-electron chi connectivity index (χ1n) is 8.64. The van der Waals surface area contributed by atoms with Gasteiger partial charge in [-0.05, 0) is 30.7 Å². The van der Waals surface area contributed by atoms with Crippen molar-refractivity contribution in [3.05, 3.63) is 65.4 Å². The van der Waals surface area contributed by atoms with Gasteiger partial charge in [0.15, 0.2) is 5.75 Å². The van der Waals surface area contributed by atoms with Gasteiger partial charge in [0.05, 0.1) is 32.1 Å². The third-order valence-corrected chi connectivity index (χ3v) is 4.27. The van der Waals surface area contributed by atoms with Crippen molar-refractivity contribution < 1.29 is 28.5 Å². The summed E-state index contributed by atoms with van der Waals surface area (Å²) in [6.45, 7) is 1.89. The van der Waals surface area contributed by atoms with E-state index in [1.807, 2.05) is 49.4 Å². The summed E-state index contributed by atoms with van der Waals surface area (Å²) in [7, 11) is 2.51. The molecule has 146 valence electrons. The number of ether oxygens (including phenoxy) is 4. The molecule has 0 saturated carbocycles. The number of hydrogen-bond acceptors (Lipinski definition) is 7. The average molecular weight is 383 g/mol. The number of para-hydroxylation sites is 2. The highest BCUT2D eigenvalue weighted by molar-refractivity contribution is 6.03. The van der Waals surface area contributed by atoms with Crippen molar-refractivity contribution in [2.75, 3.05) is 32.5 Å². The van der Waals surface area contributed by atoms with Crippen LogP contribution in [0.5, 0.6) is 11.5 Å². The zero-order valence-electron chi connectivity index (χ0n) is 15.9. The molecule has 2 aromatic carbocycles. The predicted octanol–water partition coefficient (Wildman–Crippen LogP) is 3.18. The molecule has 7 nitrogen and oxygen atoms in total. The van der Waals surface area contributed by atoms with Crippen LogP contribution in [0.15, 0.2) is 59.8 Å². The molecule has 0 fully saturated rings. The van der Waals surface area contributed by atoms with Crippen LogP contribution in [0.25, 0.3) is 0 Å². The van der Waals surface area contributed by atoms with E-state index in [9.17, 15) is 9.59 Å². The standard InChI is InChI=1S/C21H21NO6/c1-14-8-7-11-17(28-15-9-5-4-6-10-15)18(14)22-13-27-12-16(20(23)25-2)19(22)21(24)26-3/h4-11H,12-13H2,1-3H3. The number of rotatable bonds is 5. The molecule has 1 aliphatic rings. The number of methoxy groups -OCH3 is 2. The molecule has 0 spiro atoms. The first-order chi connectivity index (χ1) is 13.6. The van der Waals surface area contributed by atoms with E-state index in [1.54, 1.807) is 11.0 Å². The van der Waals surface area contributed by atoms with E-state index in [1.165, 1.54) is 14.2 Å². The van der Waals surface area contributed by atoms with Crippen molar-refractivity contribution in [1.82, 2.24) is 0 Å². The number of anilines is 1. The number of hydrogen-bond donors (Lipinski definition) is 0. The molecule has 0 atom stereocenters. The van der Waals surface area contributed by atoms with Crippen LogP contribution in [0, 0.1) is 6.92 Å². The van der Waals surface area contributed by atoms with Crippen molar-refractivity contribution in [3.63, 3.8) is 0 Å². The molecular weight excluding hydrogens is 362 g/mol.